The van der Waals surface area contributed by atoms with Crippen molar-refractivity contribution in [2.24, 2.45) is 0 Å². The fraction of sp³-hybridized carbons (Fsp3) is 0.188. The van der Waals surface area contributed by atoms with Crippen LogP contribution in [0.2, 0.25) is 0 Å². The monoisotopic (exact) mass is 350 g/mol. The lowest BCUT2D eigenvalue weighted by atomic mass is 10.3. The van der Waals surface area contributed by atoms with E-state index in [2.05, 4.69) is 10.0 Å². The van der Waals surface area contributed by atoms with Crippen molar-refractivity contribution >= 4 is 27.3 Å². The second kappa shape index (κ2) is 7.22. The van der Waals surface area contributed by atoms with E-state index in [1.54, 1.807) is 24.3 Å². The molecule has 1 amide bonds. The zero-order chi connectivity index (χ0) is 17.7. The van der Waals surface area contributed by atoms with Gasteiger partial charge in [-0.1, -0.05) is 0 Å². The third-order valence-electron chi connectivity index (χ3n) is 3.12. The molecule has 0 fully saturated rings. The number of nitrogens with one attached hydrogen (secondary N) is 2. The molecule has 2 N–H and O–H groups in total. The van der Waals surface area contributed by atoms with Gasteiger partial charge in [-0.25, -0.2) is 8.42 Å². The van der Waals surface area contributed by atoms with Gasteiger partial charge in [0.2, 0.25) is 5.91 Å². The van der Waals surface area contributed by atoms with Crippen LogP contribution in [-0.2, 0) is 14.8 Å². The third-order valence-corrected chi connectivity index (χ3v) is 4.54. The fourth-order valence-corrected chi connectivity index (χ4v) is 3.24. The number of amides is 1. The molecule has 0 atom stereocenters. The molecule has 0 saturated carbocycles. The predicted molar refractivity (Wildman–Crippen MR) is 91.1 cm³/mol. The van der Waals surface area contributed by atoms with Crippen molar-refractivity contribution < 1.29 is 22.7 Å². The average molecular weight is 350 g/mol. The Morgan fingerprint density at radius 1 is 0.958 bits per heavy atom. The lowest BCUT2D eigenvalue weighted by Crippen LogP contribution is -2.14. The maximum Gasteiger partial charge on any atom is 0.265 e. The first-order chi connectivity index (χ1) is 11.4. The summed E-state index contributed by atoms with van der Waals surface area (Å²) in [6, 6.07) is 10.8. The Kier molecular flexibility index (Phi) is 5.30. The highest BCUT2D eigenvalue weighted by molar-refractivity contribution is 7.92. The molecule has 0 aliphatic rings. The van der Waals surface area contributed by atoms with E-state index in [0.717, 1.165) is 0 Å². The molecule has 0 saturated heterocycles. The van der Waals surface area contributed by atoms with Crippen molar-refractivity contribution in [2.45, 2.75) is 11.8 Å². The summed E-state index contributed by atoms with van der Waals surface area (Å²) < 4.78 is 37.7. The molecule has 0 aliphatic carbocycles. The van der Waals surface area contributed by atoms with Gasteiger partial charge in [0.25, 0.3) is 10.0 Å². The van der Waals surface area contributed by atoms with E-state index in [0.29, 0.717) is 17.1 Å². The van der Waals surface area contributed by atoms with Crippen LogP contribution in [0.1, 0.15) is 6.92 Å². The summed E-state index contributed by atoms with van der Waals surface area (Å²) in [5, 5.41) is 2.61. The topological polar surface area (TPSA) is 93.7 Å². The number of hydrogen-bond donors (Lipinski definition) is 2. The smallest absolute Gasteiger partial charge is 0.265 e. The minimum Gasteiger partial charge on any atom is -0.497 e. The molecule has 0 aromatic heterocycles. The second-order valence-electron chi connectivity index (χ2n) is 4.88. The van der Waals surface area contributed by atoms with E-state index in [1.807, 2.05) is 0 Å². The number of carbonyl (C=O) groups excluding carboxylic acids is 1. The average Bonchev–Trinajstić information content (AvgIpc) is 2.55. The van der Waals surface area contributed by atoms with Gasteiger partial charge < -0.3 is 14.8 Å². The van der Waals surface area contributed by atoms with Gasteiger partial charge in [-0.2, -0.15) is 0 Å². The summed E-state index contributed by atoms with van der Waals surface area (Å²) in [7, 11) is -0.966. The second-order valence-corrected chi connectivity index (χ2v) is 6.53. The van der Waals surface area contributed by atoms with E-state index in [4.69, 9.17) is 9.47 Å². The zero-order valence-corrected chi connectivity index (χ0v) is 14.3. The standard InChI is InChI=1S/C16H18N2O5S/c1-11(19)17-12-4-6-13(7-5-12)18-24(20,21)16-9-8-14(22-2)10-15(16)23-3/h4-10,18H,1-3H3,(H,17,19). The lowest BCUT2D eigenvalue weighted by molar-refractivity contribution is -0.114. The number of ether oxygens (including phenoxy) is 2. The molecule has 7 nitrogen and oxygen atoms in total. The summed E-state index contributed by atoms with van der Waals surface area (Å²) in [6.07, 6.45) is 0. The van der Waals surface area contributed by atoms with Crippen molar-refractivity contribution in [1.29, 1.82) is 0 Å². The van der Waals surface area contributed by atoms with Crippen LogP contribution in [0.25, 0.3) is 0 Å². The van der Waals surface area contributed by atoms with Crippen LogP contribution in [0.3, 0.4) is 0 Å². The van der Waals surface area contributed by atoms with Crippen LogP contribution >= 0.6 is 0 Å². The zero-order valence-electron chi connectivity index (χ0n) is 13.5. The molecule has 2 aromatic carbocycles. The van der Waals surface area contributed by atoms with E-state index in [9.17, 15) is 13.2 Å². The Bertz CT molecular complexity index is 832. The number of methoxy groups -OCH3 is 2. The highest BCUT2D eigenvalue weighted by Gasteiger charge is 2.20. The highest BCUT2D eigenvalue weighted by atomic mass is 32.2. The van der Waals surface area contributed by atoms with Crippen LogP contribution in [-0.4, -0.2) is 28.5 Å². The largest absolute Gasteiger partial charge is 0.497 e. The number of sulfonamides is 1. The van der Waals surface area contributed by atoms with E-state index >= 15 is 0 Å². The number of anilines is 2. The Labute approximate surface area is 140 Å². The van der Waals surface area contributed by atoms with Crippen LogP contribution < -0.4 is 19.5 Å². The minimum absolute atomic E-state index is 0.00302. The van der Waals surface area contributed by atoms with E-state index in [-0.39, 0.29) is 16.6 Å². The molecular weight excluding hydrogens is 332 g/mol. The Morgan fingerprint density at radius 2 is 1.58 bits per heavy atom. The summed E-state index contributed by atoms with van der Waals surface area (Å²) in [6.45, 7) is 1.40. The summed E-state index contributed by atoms with van der Waals surface area (Å²) >= 11 is 0. The molecule has 2 aromatic rings. The molecule has 128 valence electrons. The minimum atomic E-state index is -3.83. The SMILES string of the molecule is COc1ccc(S(=O)(=O)Nc2ccc(NC(C)=O)cc2)c(OC)c1. The molecule has 0 unspecified atom stereocenters. The normalized spacial score (nSPS) is 10.8. The Balaban J connectivity index is 2.26. The quantitative estimate of drug-likeness (QED) is 0.835. The molecule has 0 bridgehead atoms. The van der Waals surface area contributed by atoms with E-state index in [1.165, 1.54) is 39.3 Å². The maximum atomic E-state index is 12.5. The van der Waals surface area contributed by atoms with Crippen molar-refractivity contribution in [3.63, 3.8) is 0 Å². The van der Waals surface area contributed by atoms with Gasteiger partial charge in [0.1, 0.15) is 16.4 Å². The highest BCUT2D eigenvalue weighted by Crippen LogP contribution is 2.29. The fourth-order valence-electron chi connectivity index (χ4n) is 2.03. The van der Waals surface area contributed by atoms with Crippen LogP contribution in [0, 0.1) is 0 Å². The first-order valence-corrected chi connectivity index (χ1v) is 8.46. The van der Waals surface area contributed by atoms with Crippen molar-refractivity contribution in [2.75, 3.05) is 24.3 Å². The maximum absolute atomic E-state index is 12.5. The van der Waals surface area contributed by atoms with Gasteiger partial charge in [0.15, 0.2) is 0 Å². The van der Waals surface area contributed by atoms with Crippen LogP contribution in [0.4, 0.5) is 11.4 Å². The molecule has 0 heterocycles. The summed E-state index contributed by atoms with van der Waals surface area (Å²) in [4.78, 5) is 11.0. The lowest BCUT2D eigenvalue weighted by Gasteiger charge is -2.13. The van der Waals surface area contributed by atoms with Crippen molar-refractivity contribution in [3.05, 3.63) is 42.5 Å². The Morgan fingerprint density at radius 3 is 2.12 bits per heavy atom. The predicted octanol–water partition coefficient (Wildman–Crippen LogP) is 2.46. The molecule has 0 radical (unpaired) electrons. The first-order valence-electron chi connectivity index (χ1n) is 6.98. The van der Waals surface area contributed by atoms with Gasteiger partial charge >= 0.3 is 0 Å². The van der Waals surface area contributed by atoms with Gasteiger partial charge in [0.05, 0.1) is 14.2 Å². The molecular formula is C16H18N2O5S. The molecule has 0 spiro atoms. The first kappa shape index (κ1) is 17.6. The number of rotatable bonds is 6. The molecule has 0 aliphatic heterocycles. The number of hydrogen-bond acceptors (Lipinski definition) is 5. The van der Waals surface area contributed by atoms with E-state index < -0.39 is 10.0 Å². The molecule has 8 heteroatoms. The van der Waals surface area contributed by atoms with Gasteiger partial charge in [-0.3, -0.25) is 9.52 Å². The number of benzene rings is 2. The van der Waals surface area contributed by atoms with Gasteiger partial charge in [0, 0.05) is 24.4 Å². The summed E-state index contributed by atoms with van der Waals surface area (Å²) in [5.41, 5.74) is 0.939. The van der Waals surface area contributed by atoms with Crippen molar-refractivity contribution in [1.82, 2.24) is 0 Å². The Hall–Kier alpha value is -2.74. The molecule has 24 heavy (non-hydrogen) atoms. The van der Waals surface area contributed by atoms with Crippen molar-refractivity contribution in [3.8, 4) is 11.5 Å². The van der Waals surface area contributed by atoms with Gasteiger partial charge in [-0.05, 0) is 36.4 Å². The molecule has 2 rings (SSSR count). The van der Waals surface area contributed by atoms with Gasteiger partial charge in [-0.15, -0.1) is 0 Å². The number of carbonyl (C=O) groups is 1. The third kappa shape index (κ3) is 4.17. The van der Waals surface area contributed by atoms with Crippen LogP contribution in [0.15, 0.2) is 47.4 Å². The van der Waals surface area contributed by atoms with Crippen LogP contribution in [0.5, 0.6) is 11.5 Å². The summed E-state index contributed by atoms with van der Waals surface area (Å²) in [5.74, 6) is 0.466.